The molecular weight excluding hydrogens is 274 g/mol. The first-order valence-corrected chi connectivity index (χ1v) is 8.16. The predicted molar refractivity (Wildman–Crippen MR) is 78.0 cm³/mol. The SMILES string of the molecule is Cc1nc(C(=O)N2CCN([C@@H]3CCC[C@@H]3O)CC2)cs1. The molecule has 0 radical (unpaired) electrons. The molecule has 1 aliphatic heterocycles. The van der Waals surface area contributed by atoms with Crippen LogP contribution in [0, 0.1) is 6.92 Å². The van der Waals surface area contributed by atoms with Crippen LogP contribution in [0.25, 0.3) is 0 Å². The number of piperazine rings is 1. The Balaban J connectivity index is 1.57. The lowest BCUT2D eigenvalue weighted by Gasteiger charge is -2.38. The highest BCUT2D eigenvalue weighted by Gasteiger charge is 2.33. The molecule has 1 N–H and O–H groups in total. The quantitative estimate of drug-likeness (QED) is 0.888. The van der Waals surface area contributed by atoms with Gasteiger partial charge in [0.25, 0.3) is 5.91 Å². The van der Waals surface area contributed by atoms with Gasteiger partial charge in [-0.15, -0.1) is 11.3 Å². The van der Waals surface area contributed by atoms with Crippen LogP contribution in [0.2, 0.25) is 0 Å². The Kier molecular flexibility index (Phi) is 4.05. The molecule has 1 saturated carbocycles. The summed E-state index contributed by atoms with van der Waals surface area (Å²) in [4.78, 5) is 20.8. The Hall–Kier alpha value is -0.980. The second kappa shape index (κ2) is 5.79. The number of amides is 1. The number of carbonyl (C=O) groups excluding carboxylic acids is 1. The highest BCUT2D eigenvalue weighted by atomic mass is 32.1. The number of hydrogen-bond donors (Lipinski definition) is 1. The molecule has 1 aliphatic carbocycles. The standard InChI is InChI=1S/C14H21N3O2S/c1-10-15-11(9-20-10)14(19)17-7-5-16(6-8-17)12-3-2-4-13(12)18/h9,12-13,18H,2-8H2,1H3/t12-,13+/m1/s1. The van der Waals surface area contributed by atoms with E-state index in [1.54, 1.807) is 0 Å². The number of thiazole rings is 1. The molecule has 5 nitrogen and oxygen atoms in total. The second-order valence-corrected chi connectivity index (χ2v) is 6.71. The Morgan fingerprint density at radius 3 is 2.65 bits per heavy atom. The van der Waals surface area contributed by atoms with E-state index in [2.05, 4.69) is 9.88 Å². The lowest BCUT2D eigenvalue weighted by atomic mass is 10.1. The van der Waals surface area contributed by atoms with Crippen LogP contribution >= 0.6 is 11.3 Å². The van der Waals surface area contributed by atoms with E-state index in [1.807, 2.05) is 17.2 Å². The first kappa shape index (κ1) is 14.0. The molecular formula is C14H21N3O2S. The van der Waals surface area contributed by atoms with Gasteiger partial charge in [-0.3, -0.25) is 9.69 Å². The molecule has 1 aromatic heterocycles. The van der Waals surface area contributed by atoms with Crippen molar-refractivity contribution in [1.29, 1.82) is 0 Å². The zero-order chi connectivity index (χ0) is 14.1. The van der Waals surface area contributed by atoms with Crippen LogP contribution in [0.5, 0.6) is 0 Å². The van der Waals surface area contributed by atoms with E-state index in [1.165, 1.54) is 11.3 Å². The topological polar surface area (TPSA) is 56.7 Å². The zero-order valence-electron chi connectivity index (χ0n) is 11.8. The minimum Gasteiger partial charge on any atom is -0.391 e. The van der Waals surface area contributed by atoms with Crippen molar-refractivity contribution in [2.24, 2.45) is 0 Å². The van der Waals surface area contributed by atoms with Crippen molar-refractivity contribution < 1.29 is 9.90 Å². The van der Waals surface area contributed by atoms with Gasteiger partial charge in [-0.05, 0) is 26.2 Å². The lowest BCUT2D eigenvalue weighted by molar-refractivity contribution is 0.0313. The van der Waals surface area contributed by atoms with Crippen molar-refractivity contribution in [3.05, 3.63) is 16.1 Å². The summed E-state index contributed by atoms with van der Waals surface area (Å²) in [6.07, 6.45) is 2.93. The Bertz CT molecular complexity index is 483. The van der Waals surface area contributed by atoms with E-state index in [-0.39, 0.29) is 12.0 Å². The molecule has 3 rings (SSSR count). The number of aromatic nitrogens is 1. The Morgan fingerprint density at radius 2 is 2.10 bits per heavy atom. The maximum absolute atomic E-state index is 12.3. The minimum atomic E-state index is -0.182. The molecule has 0 bridgehead atoms. The van der Waals surface area contributed by atoms with Gasteiger partial charge in [-0.1, -0.05) is 0 Å². The molecule has 1 amide bonds. The molecule has 0 aromatic carbocycles. The summed E-state index contributed by atoms with van der Waals surface area (Å²) in [5.41, 5.74) is 0.571. The number of aliphatic hydroxyl groups is 1. The molecule has 0 unspecified atom stereocenters. The molecule has 6 heteroatoms. The molecule has 2 heterocycles. The van der Waals surface area contributed by atoms with Gasteiger partial charge < -0.3 is 10.0 Å². The molecule has 1 aromatic rings. The van der Waals surface area contributed by atoms with Crippen LogP contribution in [-0.4, -0.2) is 64.1 Å². The fourth-order valence-electron chi connectivity index (χ4n) is 3.23. The van der Waals surface area contributed by atoms with Crippen molar-refractivity contribution in [1.82, 2.24) is 14.8 Å². The Labute approximate surface area is 123 Å². The predicted octanol–water partition coefficient (Wildman–Crippen LogP) is 1.12. The third-order valence-corrected chi connectivity index (χ3v) is 5.13. The Morgan fingerprint density at radius 1 is 1.35 bits per heavy atom. The highest BCUT2D eigenvalue weighted by molar-refractivity contribution is 7.09. The summed E-state index contributed by atoms with van der Waals surface area (Å²) in [7, 11) is 0. The van der Waals surface area contributed by atoms with Crippen LogP contribution in [0.3, 0.4) is 0 Å². The number of carbonyl (C=O) groups is 1. The van der Waals surface area contributed by atoms with E-state index >= 15 is 0 Å². The largest absolute Gasteiger partial charge is 0.391 e. The molecule has 110 valence electrons. The van der Waals surface area contributed by atoms with Crippen molar-refractivity contribution >= 4 is 17.2 Å². The van der Waals surface area contributed by atoms with E-state index in [9.17, 15) is 9.90 Å². The fourth-order valence-corrected chi connectivity index (χ4v) is 3.81. The summed E-state index contributed by atoms with van der Waals surface area (Å²) in [5.74, 6) is 0.0426. The molecule has 1 saturated heterocycles. The van der Waals surface area contributed by atoms with Crippen LogP contribution in [-0.2, 0) is 0 Å². The molecule has 0 spiro atoms. The summed E-state index contributed by atoms with van der Waals surface area (Å²) in [5, 5.41) is 12.7. The maximum Gasteiger partial charge on any atom is 0.273 e. The zero-order valence-corrected chi connectivity index (χ0v) is 12.6. The van der Waals surface area contributed by atoms with Crippen molar-refractivity contribution in [3.8, 4) is 0 Å². The number of hydrogen-bond acceptors (Lipinski definition) is 5. The van der Waals surface area contributed by atoms with Crippen LogP contribution < -0.4 is 0 Å². The van der Waals surface area contributed by atoms with Crippen molar-refractivity contribution in [3.63, 3.8) is 0 Å². The third kappa shape index (κ3) is 2.73. The summed E-state index contributed by atoms with van der Waals surface area (Å²) in [6.45, 7) is 5.10. The highest BCUT2D eigenvalue weighted by Crippen LogP contribution is 2.25. The van der Waals surface area contributed by atoms with Gasteiger partial charge in [-0.25, -0.2) is 4.98 Å². The molecule has 2 aliphatic rings. The number of aliphatic hydroxyl groups excluding tert-OH is 1. The second-order valence-electron chi connectivity index (χ2n) is 5.65. The van der Waals surface area contributed by atoms with E-state index in [0.29, 0.717) is 11.7 Å². The van der Waals surface area contributed by atoms with Crippen molar-refractivity contribution in [2.75, 3.05) is 26.2 Å². The number of nitrogens with zero attached hydrogens (tertiary/aromatic N) is 3. The maximum atomic E-state index is 12.3. The average Bonchev–Trinajstić information content (AvgIpc) is 3.07. The summed E-state index contributed by atoms with van der Waals surface area (Å²) < 4.78 is 0. The summed E-state index contributed by atoms with van der Waals surface area (Å²) >= 11 is 1.52. The van der Waals surface area contributed by atoms with E-state index in [0.717, 1.165) is 50.4 Å². The number of aryl methyl sites for hydroxylation is 1. The minimum absolute atomic E-state index is 0.0426. The van der Waals surface area contributed by atoms with Crippen molar-refractivity contribution in [2.45, 2.75) is 38.3 Å². The number of rotatable bonds is 2. The van der Waals surface area contributed by atoms with Gasteiger partial charge in [0.15, 0.2) is 0 Å². The molecule has 20 heavy (non-hydrogen) atoms. The van der Waals surface area contributed by atoms with E-state index < -0.39 is 0 Å². The molecule has 2 atom stereocenters. The third-order valence-electron chi connectivity index (χ3n) is 4.35. The van der Waals surface area contributed by atoms with Crippen LogP contribution in [0.15, 0.2) is 5.38 Å². The van der Waals surface area contributed by atoms with Gasteiger partial charge >= 0.3 is 0 Å². The van der Waals surface area contributed by atoms with E-state index in [4.69, 9.17) is 0 Å². The summed E-state index contributed by atoms with van der Waals surface area (Å²) in [6, 6.07) is 0.300. The van der Waals surface area contributed by atoms with Gasteiger partial charge in [0, 0.05) is 37.6 Å². The van der Waals surface area contributed by atoms with Crippen LogP contribution in [0.1, 0.15) is 34.8 Å². The van der Waals surface area contributed by atoms with Gasteiger partial charge in [0.05, 0.1) is 11.1 Å². The van der Waals surface area contributed by atoms with Gasteiger partial charge in [0.2, 0.25) is 0 Å². The monoisotopic (exact) mass is 295 g/mol. The average molecular weight is 295 g/mol. The van der Waals surface area contributed by atoms with Gasteiger partial charge in [-0.2, -0.15) is 0 Å². The first-order valence-electron chi connectivity index (χ1n) is 7.28. The lowest BCUT2D eigenvalue weighted by Crippen LogP contribution is -2.53. The van der Waals surface area contributed by atoms with Crippen LogP contribution in [0.4, 0.5) is 0 Å². The van der Waals surface area contributed by atoms with Gasteiger partial charge in [0.1, 0.15) is 5.69 Å². The smallest absolute Gasteiger partial charge is 0.273 e. The fraction of sp³-hybridized carbons (Fsp3) is 0.714. The normalized spacial score (nSPS) is 28.0. The molecule has 2 fully saturated rings. The first-order chi connectivity index (χ1) is 9.65.